The lowest BCUT2D eigenvalue weighted by Crippen LogP contribution is -2.13. The lowest BCUT2D eigenvalue weighted by molar-refractivity contribution is 0.603. The monoisotopic (exact) mass is 331 g/mol. The quantitative estimate of drug-likeness (QED) is 0.765. The van der Waals surface area contributed by atoms with Crippen molar-refractivity contribution in [3.63, 3.8) is 0 Å². The Hall–Kier alpha value is -0.960. The molecule has 0 saturated heterocycles. The van der Waals surface area contributed by atoms with Gasteiger partial charge >= 0.3 is 0 Å². The Kier molecular flexibility index (Phi) is 5.14. The lowest BCUT2D eigenvalue weighted by atomic mass is 10.4. The largest absolute Gasteiger partial charge is 0.312 e. The van der Waals surface area contributed by atoms with Crippen molar-refractivity contribution >= 4 is 37.8 Å². The third-order valence-electron chi connectivity index (χ3n) is 2.47. The summed E-state index contributed by atoms with van der Waals surface area (Å²) in [6, 6.07) is 3.48. The number of aromatic nitrogens is 1. The molecule has 20 heavy (non-hydrogen) atoms. The van der Waals surface area contributed by atoms with Crippen LogP contribution in [0.3, 0.4) is 0 Å². The van der Waals surface area contributed by atoms with Gasteiger partial charge in [0.05, 0.1) is 0 Å². The first-order valence-corrected chi connectivity index (χ1v) is 9.37. The lowest BCUT2D eigenvalue weighted by Gasteiger charge is -2.02. The second kappa shape index (κ2) is 6.66. The van der Waals surface area contributed by atoms with Crippen LogP contribution in [-0.4, -0.2) is 19.9 Å². The van der Waals surface area contributed by atoms with Crippen molar-refractivity contribution in [2.45, 2.75) is 31.0 Å². The van der Waals surface area contributed by atoms with Gasteiger partial charge < -0.3 is 5.32 Å². The molecule has 0 spiro atoms. The zero-order valence-electron chi connectivity index (χ0n) is 11.3. The Morgan fingerprint density at radius 2 is 2.10 bits per heavy atom. The summed E-state index contributed by atoms with van der Waals surface area (Å²) in [5, 5.41) is 3.66. The van der Waals surface area contributed by atoms with Gasteiger partial charge in [0.2, 0.25) is 0 Å². The van der Waals surface area contributed by atoms with E-state index in [1.165, 1.54) is 22.7 Å². The molecule has 0 atom stereocenters. The molecule has 2 rings (SSSR count). The van der Waals surface area contributed by atoms with Crippen molar-refractivity contribution in [3.05, 3.63) is 28.1 Å². The Balaban J connectivity index is 2.06. The Morgan fingerprint density at radius 1 is 1.30 bits per heavy atom. The van der Waals surface area contributed by atoms with E-state index in [4.69, 9.17) is 0 Å². The fraction of sp³-hybridized carbons (Fsp3) is 0.417. The average Bonchev–Trinajstić information content (AvgIpc) is 2.99. The van der Waals surface area contributed by atoms with Gasteiger partial charge in [-0.25, -0.2) is 13.4 Å². The summed E-state index contributed by atoms with van der Waals surface area (Å²) in [7, 11) is -3.52. The summed E-state index contributed by atoms with van der Waals surface area (Å²) < 4.78 is 27.2. The number of hydrogen-bond donors (Lipinski definition) is 2. The molecule has 0 aliphatic rings. The van der Waals surface area contributed by atoms with Crippen molar-refractivity contribution in [3.8, 4) is 0 Å². The zero-order valence-corrected chi connectivity index (χ0v) is 13.8. The Morgan fingerprint density at radius 3 is 2.75 bits per heavy atom. The van der Waals surface area contributed by atoms with Crippen LogP contribution in [0.4, 0.5) is 5.13 Å². The number of nitrogens with zero attached hydrogens (tertiary/aromatic N) is 1. The summed E-state index contributed by atoms with van der Waals surface area (Å²) in [6.07, 6.45) is 2.71. The van der Waals surface area contributed by atoms with Gasteiger partial charge in [-0.05, 0) is 32.0 Å². The SMILES string of the molecule is CCCNCc1ccc(S(=O)(=O)Nc2ncc(C)s2)s1. The van der Waals surface area contributed by atoms with Crippen molar-refractivity contribution in [1.82, 2.24) is 10.3 Å². The molecule has 2 N–H and O–H groups in total. The first-order chi connectivity index (χ1) is 9.51. The van der Waals surface area contributed by atoms with Crippen molar-refractivity contribution in [2.24, 2.45) is 0 Å². The van der Waals surface area contributed by atoms with Crippen LogP contribution in [0, 0.1) is 6.92 Å². The normalized spacial score (nSPS) is 11.7. The number of nitrogens with one attached hydrogen (secondary N) is 2. The number of sulfonamides is 1. The Bertz CT molecular complexity index is 661. The van der Waals surface area contributed by atoms with Crippen LogP contribution < -0.4 is 10.0 Å². The van der Waals surface area contributed by atoms with E-state index < -0.39 is 10.0 Å². The predicted octanol–water partition coefficient (Wildman–Crippen LogP) is 2.81. The van der Waals surface area contributed by atoms with E-state index in [0.717, 1.165) is 22.7 Å². The van der Waals surface area contributed by atoms with Crippen LogP contribution in [0.5, 0.6) is 0 Å². The van der Waals surface area contributed by atoms with Gasteiger partial charge in [-0.15, -0.1) is 22.7 Å². The fourth-order valence-corrected chi connectivity index (χ4v) is 4.78. The Labute approximate surface area is 127 Å². The van der Waals surface area contributed by atoms with E-state index in [1.54, 1.807) is 12.3 Å². The van der Waals surface area contributed by atoms with Gasteiger partial charge in [-0.1, -0.05) is 6.92 Å². The van der Waals surface area contributed by atoms with Crippen LogP contribution >= 0.6 is 22.7 Å². The van der Waals surface area contributed by atoms with Crippen LogP contribution in [0.1, 0.15) is 23.1 Å². The molecule has 0 saturated carbocycles. The number of thiophene rings is 1. The minimum Gasteiger partial charge on any atom is -0.312 e. The van der Waals surface area contributed by atoms with Crippen molar-refractivity contribution < 1.29 is 8.42 Å². The van der Waals surface area contributed by atoms with E-state index in [-0.39, 0.29) is 0 Å². The molecule has 5 nitrogen and oxygen atoms in total. The maximum Gasteiger partial charge on any atom is 0.273 e. The molecule has 110 valence electrons. The van der Waals surface area contributed by atoms with E-state index in [2.05, 4.69) is 21.9 Å². The first-order valence-electron chi connectivity index (χ1n) is 6.26. The smallest absolute Gasteiger partial charge is 0.273 e. The number of aryl methyl sites for hydroxylation is 1. The predicted molar refractivity (Wildman–Crippen MR) is 84.0 cm³/mol. The van der Waals surface area contributed by atoms with Crippen LogP contribution in [0.25, 0.3) is 0 Å². The van der Waals surface area contributed by atoms with E-state index >= 15 is 0 Å². The molecule has 0 aliphatic heterocycles. The number of hydrogen-bond acceptors (Lipinski definition) is 6. The highest BCUT2D eigenvalue weighted by molar-refractivity contribution is 7.94. The molecular formula is C12H17N3O2S3. The van der Waals surface area contributed by atoms with Gasteiger partial charge in [0.1, 0.15) is 4.21 Å². The zero-order chi connectivity index (χ0) is 14.6. The third-order valence-corrected chi connectivity index (χ3v) is 6.34. The molecule has 0 unspecified atom stereocenters. The van der Waals surface area contributed by atoms with E-state index in [1.807, 2.05) is 13.0 Å². The highest BCUT2D eigenvalue weighted by Gasteiger charge is 2.18. The van der Waals surface area contributed by atoms with Gasteiger partial charge in [0.25, 0.3) is 10.0 Å². The number of thiazole rings is 1. The topological polar surface area (TPSA) is 71.1 Å². The molecule has 2 aromatic rings. The molecule has 0 radical (unpaired) electrons. The number of anilines is 1. The molecule has 2 aromatic heterocycles. The van der Waals surface area contributed by atoms with Gasteiger partial charge in [0, 0.05) is 22.5 Å². The van der Waals surface area contributed by atoms with Crippen LogP contribution in [0.2, 0.25) is 0 Å². The summed E-state index contributed by atoms with van der Waals surface area (Å²) in [5.74, 6) is 0. The van der Waals surface area contributed by atoms with E-state index in [0.29, 0.717) is 15.9 Å². The first kappa shape index (κ1) is 15.4. The molecule has 0 bridgehead atoms. The van der Waals surface area contributed by atoms with Crippen molar-refractivity contribution in [1.29, 1.82) is 0 Å². The summed E-state index contributed by atoms with van der Waals surface area (Å²) in [6.45, 7) is 5.61. The van der Waals surface area contributed by atoms with Crippen molar-refractivity contribution in [2.75, 3.05) is 11.3 Å². The molecule has 8 heteroatoms. The summed E-state index contributed by atoms with van der Waals surface area (Å²) >= 11 is 2.60. The summed E-state index contributed by atoms with van der Waals surface area (Å²) in [4.78, 5) is 5.99. The average molecular weight is 331 g/mol. The van der Waals surface area contributed by atoms with Crippen LogP contribution in [0.15, 0.2) is 22.5 Å². The van der Waals surface area contributed by atoms with Crippen LogP contribution in [-0.2, 0) is 16.6 Å². The second-order valence-electron chi connectivity index (χ2n) is 4.28. The maximum absolute atomic E-state index is 12.2. The highest BCUT2D eigenvalue weighted by atomic mass is 32.2. The molecule has 0 amide bonds. The molecule has 0 aromatic carbocycles. The minimum absolute atomic E-state index is 0.318. The minimum atomic E-state index is -3.52. The number of rotatable bonds is 7. The van der Waals surface area contributed by atoms with E-state index in [9.17, 15) is 8.42 Å². The fourth-order valence-electron chi connectivity index (χ4n) is 1.55. The van der Waals surface area contributed by atoms with Gasteiger partial charge in [-0.2, -0.15) is 0 Å². The molecule has 0 aliphatic carbocycles. The maximum atomic E-state index is 12.2. The second-order valence-corrected chi connectivity index (χ2v) is 8.59. The summed E-state index contributed by atoms with van der Waals surface area (Å²) in [5.41, 5.74) is 0. The molecule has 0 fully saturated rings. The molecule has 2 heterocycles. The molecular weight excluding hydrogens is 314 g/mol. The highest BCUT2D eigenvalue weighted by Crippen LogP contribution is 2.25. The standard InChI is InChI=1S/C12H17N3O2S3/c1-3-6-13-8-10-4-5-11(19-10)20(16,17)15-12-14-7-9(2)18-12/h4-5,7,13H,3,6,8H2,1-2H3,(H,14,15). The van der Waals surface area contributed by atoms with Gasteiger partial charge in [0.15, 0.2) is 5.13 Å². The van der Waals surface area contributed by atoms with Gasteiger partial charge in [-0.3, -0.25) is 4.72 Å². The third kappa shape index (κ3) is 4.02.